The van der Waals surface area contributed by atoms with Gasteiger partial charge in [-0.15, -0.1) is 0 Å². The molecule has 110 valence electrons. The average molecular weight is 313 g/mol. The van der Waals surface area contributed by atoms with Gasteiger partial charge in [0.25, 0.3) is 0 Å². The van der Waals surface area contributed by atoms with Gasteiger partial charge in [0.1, 0.15) is 17.9 Å². The lowest BCUT2D eigenvalue weighted by Gasteiger charge is -2.21. The van der Waals surface area contributed by atoms with Crippen LogP contribution in [0.2, 0.25) is 0 Å². The van der Waals surface area contributed by atoms with Crippen molar-refractivity contribution in [3.8, 4) is 5.75 Å². The summed E-state index contributed by atoms with van der Waals surface area (Å²) in [5, 5.41) is 13.1. The number of aromatic carboxylic acids is 1. The van der Waals surface area contributed by atoms with E-state index in [0.717, 1.165) is 13.1 Å². The first-order valence-corrected chi connectivity index (χ1v) is 8.83. The van der Waals surface area contributed by atoms with Crippen molar-refractivity contribution in [3.05, 3.63) is 29.8 Å². The van der Waals surface area contributed by atoms with Gasteiger partial charge in [-0.25, -0.2) is 4.79 Å². The molecule has 0 aliphatic carbocycles. The maximum Gasteiger partial charge on any atom is 0.339 e. The minimum absolute atomic E-state index is 0.215. The van der Waals surface area contributed by atoms with Crippen LogP contribution in [0.15, 0.2) is 24.3 Å². The van der Waals surface area contributed by atoms with Crippen LogP contribution in [0.5, 0.6) is 5.75 Å². The highest BCUT2D eigenvalue weighted by atomic mass is 32.2. The fourth-order valence-electron chi connectivity index (χ4n) is 1.92. The molecule has 4 nitrogen and oxygen atoms in total. The number of para-hydroxylation sites is 1. The maximum absolute atomic E-state index is 11.0. The zero-order chi connectivity index (χ0) is 14.2. The van der Waals surface area contributed by atoms with Crippen molar-refractivity contribution >= 4 is 29.5 Å². The van der Waals surface area contributed by atoms with E-state index in [2.05, 4.69) is 5.32 Å². The first-order chi connectivity index (χ1) is 9.77. The van der Waals surface area contributed by atoms with E-state index in [1.165, 1.54) is 17.3 Å². The molecule has 0 radical (unpaired) electrons. The van der Waals surface area contributed by atoms with Crippen molar-refractivity contribution in [3.63, 3.8) is 0 Å². The Bertz CT molecular complexity index is 436. The molecule has 20 heavy (non-hydrogen) atoms. The number of nitrogens with one attached hydrogen (secondary N) is 1. The van der Waals surface area contributed by atoms with Gasteiger partial charge in [0.15, 0.2) is 0 Å². The molecule has 2 rings (SSSR count). The summed E-state index contributed by atoms with van der Waals surface area (Å²) < 4.78 is 5.53. The topological polar surface area (TPSA) is 58.6 Å². The van der Waals surface area contributed by atoms with Crippen LogP contribution in [-0.2, 0) is 0 Å². The maximum atomic E-state index is 11.0. The Labute approximate surface area is 127 Å². The van der Waals surface area contributed by atoms with E-state index in [4.69, 9.17) is 9.84 Å². The number of hydrogen-bond donors (Lipinski definition) is 2. The lowest BCUT2D eigenvalue weighted by Crippen LogP contribution is -2.31. The Morgan fingerprint density at radius 3 is 3.00 bits per heavy atom. The highest BCUT2D eigenvalue weighted by molar-refractivity contribution is 8.06. The number of rotatable bonds is 7. The third-order valence-electron chi connectivity index (χ3n) is 2.91. The molecule has 1 atom stereocenters. The SMILES string of the molecule is O=C(O)c1ccccc1OCCNCC1CSCCS1. The van der Waals surface area contributed by atoms with E-state index >= 15 is 0 Å². The Morgan fingerprint density at radius 2 is 2.25 bits per heavy atom. The second-order valence-electron chi connectivity index (χ2n) is 4.42. The molecule has 0 amide bonds. The number of carboxylic acid groups (broad SMARTS) is 1. The summed E-state index contributed by atoms with van der Waals surface area (Å²) in [6.07, 6.45) is 0. The summed E-state index contributed by atoms with van der Waals surface area (Å²) in [5.41, 5.74) is 0.215. The van der Waals surface area contributed by atoms with Crippen LogP contribution in [0.25, 0.3) is 0 Å². The number of ether oxygens (including phenoxy) is 1. The highest BCUT2D eigenvalue weighted by Gasteiger charge is 2.13. The monoisotopic (exact) mass is 313 g/mol. The Morgan fingerprint density at radius 1 is 1.40 bits per heavy atom. The zero-order valence-corrected chi connectivity index (χ0v) is 12.8. The van der Waals surface area contributed by atoms with Gasteiger partial charge >= 0.3 is 5.97 Å². The van der Waals surface area contributed by atoms with Crippen molar-refractivity contribution in [2.45, 2.75) is 5.25 Å². The molecule has 1 saturated heterocycles. The van der Waals surface area contributed by atoms with Gasteiger partial charge < -0.3 is 15.2 Å². The largest absolute Gasteiger partial charge is 0.491 e. The molecule has 6 heteroatoms. The number of thioether (sulfide) groups is 2. The van der Waals surface area contributed by atoms with Gasteiger partial charge in [0.05, 0.1) is 0 Å². The smallest absolute Gasteiger partial charge is 0.339 e. The van der Waals surface area contributed by atoms with Crippen molar-refractivity contribution in [1.29, 1.82) is 0 Å². The third-order valence-corrected chi connectivity index (χ3v) is 5.76. The fraction of sp³-hybridized carbons (Fsp3) is 0.500. The van der Waals surface area contributed by atoms with Crippen molar-refractivity contribution in [1.82, 2.24) is 5.32 Å². The van der Waals surface area contributed by atoms with Gasteiger partial charge in [-0.05, 0) is 12.1 Å². The molecule has 1 aromatic carbocycles. The molecule has 2 N–H and O–H groups in total. The van der Waals surface area contributed by atoms with Gasteiger partial charge in [0, 0.05) is 35.6 Å². The van der Waals surface area contributed by atoms with Crippen LogP contribution < -0.4 is 10.1 Å². The van der Waals surface area contributed by atoms with Crippen molar-refractivity contribution in [2.24, 2.45) is 0 Å². The van der Waals surface area contributed by atoms with E-state index in [1.807, 2.05) is 23.5 Å². The van der Waals surface area contributed by atoms with Gasteiger partial charge in [-0.3, -0.25) is 0 Å². The van der Waals surface area contributed by atoms with Gasteiger partial charge in [-0.1, -0.05) is 12.1 Å². The van der Waals surface area contributed by atoms with Crippen LogP contribution in [-0.4, -0.2) is 53.3 Å². The molecule has 1 aliphatic rings. The standard InChI is InChI=1S/C14H19NO3S2/c16-14(17)12-3-1-2-4-13(12)18-6-5-15-9-11-10-19-7-8-20-11/h1-4,11,15H,5-10H2,(H,16,17). The minimum Gasteiger partial charge on any atom is -0.491 e. The highest BCUT2D eigenvalue weighted by Crippen LogP contribution is 2.23. The van der Waals surface area contributed by atoms with E-state index in [-0.39, 0.29) is 5.56 Å². The Hall–Kier alpha value is -0.850. The Kier molecular flexibility index (Phi) is 6.56. The normalized spacial score (nSPS) is 18.7. The summed E-state index contributed by atoms with van der Waals surface area (Å²) in [6, 6.07) is 6.73. The number of carbonyl (C=O) groups is 1. The minimum atomic E-state index is -0.954. The molecular weight excluding hydrogens is 294 g/mol. The predicted molar refractivity (Wildman–Crippen MR) is 85.3 cm³/mol. The molecule has 0 saturated carbocycles. The summed E-state index contributed by atoms with van der Waals surface area (Å²) in [6.45, 7) is 2.20. The quantitative estimate of drug-likeness (QED) is 0.753. The molecule has 0 aromatic heterocycles. The summed E-state index contributed by atoms with van der Waals surface area (Å²) in [7, 11) is 0. The van der Waals surface area contributed by atoms with Crippen LogP contribution in [0.3, 0.4) is 0 Å². The molecule has 1 fully saturated rings. The predicted octanol–water partition coefficient (Wildman–Crippen LogP) is 2.20. The lowest BCUT2D eigenvalue weighted by molar-refractivity contribution is 0.0692. The van der Waals surface area contributed by atoms with E-state index in [0.29, 0.717) is 17.6 Å². The van der Waals surface area contributed by atoms with Crippen LogP contribution in [0, 0.1) is 0 Å². The van der Waals surface area contributed by atoms with Gasteiger partial charge in [-0.2, -0.15) is 23.5 Å². The van der Waals surface area contributed by atoms with Crippen LogP contribution in [0.1, 0.15) is 10.4 Å². The van der Waals surface area contributed by atoms with Crippen molar-refractivity contribution in [2.75, 3.05) is 37.0 Å². The molecule has 1 aromatic rings. The van der Waals surface area contributed by atoms with Crippen LogP contribution >= 0.6 is 23.5 Å². The Balaban J connectivity index is 1.67. The first kappa shape index (κ1) is 15.5. The number of carboxylic acids is 1. The molecule has 1 unspecified atom stereocenters. The lowest BCUT2D eigenvalue weighted by atomic mass is 10.2. The zero-order valence-electron chi connectivity index (χ0n) is 11.2. The third kappa shape index (κ3) is 4.92. The van der Waals surface area contributed by atoms with E-state index in [9.17, 15) is 4.79 Å². The second kappa shape index (κ2) is 8.44. The van der Waals surface area contributed by atoms with Crippen LogP contribution in [0.4, 0.5) is 0 Å². The number of hydrogen-bond acceptors (Lipinski definition) is 5. The van der Waals surface area contributed by atoms with E-state index < -0.39 is 5.97 Å². The molecule has 0 bridgehead atoms. The second-order valence-corrected chi connectivity index (χ2v) is 6.98. The molecular formula is C14H19NO3S2. The van der Waals surface area contributed by atoms with Gasteiger partial charge in [0.2, 0.25) is 0 Å². The summed E-state index contributed by atoms with van der Waals surface area (Å²) in [4.78, 5) is 11.0. The summed E-state index contributed by atoms with van der Waals surface area (Å²) in [5.74, 6) is 3.18. The molecule has 1 aliphatic heterocycles. The summed E-state index contributed by atoms with van der Waals surface area (Å²) >= 11 is 4.03. The van der Waals surface area contributed by atoms with Crippen molar-refractivity contribution < 1.29 is 14.6 Å². The first-order valence-electron chi connectivity index (χ1n) is 6.62. The van der Waals surface area contributed by atoms with E-state index in [1.54, 1.807) is 24.3 Å². The average Bonchev–Trinajstić information content (AvgIpc) is 2.48. The molecule has 1 heterocycles. The fourth-order valence-corrected chi connectivity index (χ4v) is 4.57. The number of benzene rings is 1. The molecule has 0 spiro atoms.